The second-order valence-electron chi connectivity index (χ2n) is 6.80. The zero-order chi connectivity index (χ0) is 17.9. The molecule has 0 spiro atoms. The van der Waals surface area contributed by atoms with Crippen LogP contribution >= 0.6 is 0 Å². The third-order valence-corrected chi connectivity index (χ3v) is 4.93. The van der Waals surface area contributed by atoms with E-state index in [-0.39, 0.29) is 11.9 Å². The molecule has 0 unspecified atom stereocenters. The Morgan fingerprint density at radius 2 is 2.15 bits per heavy atom. The molecule has 0 aliphatic carbocycles. The number of aryl methyl sites for hydroxylation is 1. The summed E-state index contributed by atoms with van der Waals surface area (Å²) in [4.78, 5) is 21.9. The predicted molar refractivity (Wildman–Crippen MR) is 98.0 cm³/mol. The van der Waals surface area contributed by atoms with E-state index in [1.807, 2.05) is 24.0 Å². The second-order valence-corrected chi connectivity index (χ2v) is 6.80. The molecule has 2 amide bonds. The van der Waals surface area contributed by atoms with E-state index in [4.69, 9.17) is 4.52 Å². The number of carbonyl (C=O) groups is 1. The fraction of sp³-hybridized carbons (Fsp3) is 0.421. The number of aromatic nitrogens is 3. The van der Waals surface area contributed by atoms with E-state index in [1.54, 1.807) is 0 Å². The van der Waals surface area contributed by atoms with Gasteiger partial charge in [-0.15, -0.1) is 0 Å². The maximum Gasteiger partial charge on any atom is 0.317 e. The highest BCUT2D eigenvalue weighted by molar-refractivity contribution is 5.80. The normalized spacial score (nSPS) is 15.5. The number of urea groups is 1. The lowest BCUT2D eigenvalue weighted by molar-refractivity contribution is 0.175. The average Bonchev–Trinajstić information content (AvgIpc) is 3.27. The molecule has 0 saturated carbocycles. The smallest absolute Gasteiger partial charge is 0.317 e. The predicted octanol–water partition coefficient (Wildman–Crippen LogP) is 2.99. The minimum absolute atomic E-state index is 0.00118. The Bertz CT molecular complexity index is 859. The number of nitrogens with zero attached hydrogens (tertiary/aromatic N) is 3. The summed E-state index contributed by atoms with van der Waals surface area (Å²) in [7, 11) is 0. The molecule has 1 aliphatic heterocycles. The number of hydrogen-bond acceptors (Lipinski definition) is 4. The highest BCUT2D eigenvalue weighted by atomic mass is 16.5. The Labute approximate surface area is 151 Å². The van der Waals surface area contributed by atoms with Crippen molar-refractivity contribution in [3.05, 3.63) is 47.7 Å². The first-order chi connectivity index (χ1) is 12.7. The molecule has 1 saturated heterocycles. The van der Waals surface area contributed by atoms with Gasteiger partial charge in [0.1, 0.15) is 0 Å². The highest BCUT2D eigenvalue weighted by Gasteiger charge is 2.27. The number of para-hydroxylation sites is 1. The third-order valence-electron chi connectivity index (χ3n) is 4.93. The van der Waals surface area contributed by atoms with E-state index in [0.717, 1.165) is 30.5 Å². The zero-order valence-corrected chi connectivity index (χ0v) is 14.9. The molecule has 2 N–H and O–H groups in total. The van der Waals surface area contributed by atoms with Gasteiger partial charge in [-0.05, 0) is 37.3 Å². The molecule has 3 aromatic rings. The Kier molecular flexibility index (Phi) is 4.60. The first kappa shape index (κ1) is 16.6. The maximum absolute atomic E-state index is 12.4. The van der Waals surface area contributed by atoms with Gasteiger partial charge in [0, 0.05) is 43.2 Å². The summed E-state index contributed by atoms with van der Waals surface area (Å²) in [5.41, 5.74) is 2.27. The van der Waals surface area contributed by atoms with Gasteiger partial charge in [0.05, 0.1) is 0 Å². The van der Waals surface area contributed by atoms with E-state index in [1.165, 1.54) is 5.39 Å². The van der Waals surface area contributed by atoms with Crippen LogP contribution in [0.5, 0.6) is 0 Å². The van der Waals surface area contributed by atoms with Crippen LogP contribution in [0.4, 0.5) is 4.79 Å². The zero-order valence-electron chi connectivity index (χ0n) is 14.9. The average molecular weight is 353 g/mol. The topological polar surface area (TPSA) is 87.0 Å². The molecule has 0 atom stereocenters. The Hall–Kier alpha value is -2.83. The number of hydrogen-bond donors (Lipinski definition) is 2. The van der Waals surface area contributed by atoms with E-state index in [0.29, 0.717) is 31.3 Å². The highest BCUT2D eigenvalue weighted by Crippen LogP contribution is 2.26. The lowest BCUT2D eigenvalue weighted by atomic mass is 9.97. The molecule has 7 nitrogen and oxygen atoms in total. The number of piperidine rings is 1. The number of amides is 2. The molecule has 1 aromatic carbocycles. The van der Waals surface area contributed by atoms with Gasteiger partial charge in [-0.1, -0.05) is 23.4 Å². The van der Waals surface area contributed by atoms with Crippen LogP contribution in [-0.4, -0.2) is 45.7 Å². The van der Waals surface area contributed by atoms with Crippen LogP contribution in [0, 0.1) is 6.92 Å². The Morgan fingerprint density at radius 3 is 2.88 bits per heavy atom. The fourth-order valence-corrected chi connectivity index (χ4v) is 3.49. The lowest BCUT2D eigenvalue weighted by Gasteiger charge is -2.30. The van der Waals surface area contributed by atoms with Crippen LogP contribution in [0.25, 0.3) is 10.9 Å². The molecule has 1 fully saturated rings. The van der Waals surface area contributed by atoms with Crippen molar-refractivity contribution in [2.24, 2.45) is 0 Å². The summed E-state index contributed by atoms with van der Waals surface area (Å²) in [5.74, 6) is 1.62. The molecule has 7 heteroatoms. The van der Waals surface area contributed by atoms with Gasteiger partial charge in [-0.2, -0.15) is 4.98 Å². The van der Waals surface area contributed by atoms with Crippen LogP contribution in [0.2, 0.25) is 0 Å². The number of H-pyrrole nitrogens is 1. The van der Waals surface area contributed by atoms with Crippen molar-refractivity contribution in [1.29, 1.82) is 0 Å². The van der Waals surface area contributed by atoms with E-state index in [9.17, 15) is 4.79 Å². The minimum Gasteiger partial charge on any atom is -0.358 e. The number of carbonyl (C=O) groups excluding carboxylic acids is 1. The molecular weight excluding hydrogens is 330 g/mol. The molecule has 3 heterocycles. The number of nitrogens with one attached hydrogen (secondary N) is 2. The summed E-state index contributed by atoms with van der Waals surface area (Å²) < 4.78 is 5.25. The van der Waals surface area contributed by atoms with E-state index >= 15 is 0 Å². The van der Waals surface area contributed by atoms with Crippen LogP contribution in [-0.2, 0) is 6.42 Å². The summed E-state index contributed by atoms with van der Waals surface area (Å²) in [6, 6.07) is 10.3. The monoisotopic (exact) mass is 353 g/mol. The fourth-order valence-electron chi connectivity index (χ4n) is 3.49. The first-order valence-corrected chi connectivity index (χ1v) is 9.08. The van der Waals surface area contributed by atoms with Gasteiger partial charge in [0.15, 0.2) is 5.82 Å². The summed E-state index contributed by atoms with van der Waals surface area (Å²) in [6.07, 6.45) is 2.51. The summed E-state index contributed by atoms with van der Waals surface area (Å²) in [5, 5.41) is 8.07. The molecule has 4 rings (SSSR count). The molecule has 0 bridgehead atoms. The largest absolute Gasteiger partial charge is 0.358 e. The third kappa shape index (κ3) is 3.56. The Balaban J connectivity index is 1.24. The van der Waals surface area contributed by atoms with Crippen molar-refractivity contribution in [2.75, 3.05) is 19.6 Å². The first-order valence-electron chi connectivity index (χ1n) is 9.08. The summed E-state index contributed by atoms with van der Waals surface area (Å²) >= 11 is 0. The van der Waals surface area contributed by atoms with Crippen LogP contribution in [0.3, 0.4) is 0 Å². The van der Waals surface area contributed by atoms with Crippen molar-refractivity contribution in [3.63, 3.8) is 0 Å². The van der Waals surface area contributed by atoms with Gasteiger partial charge in [-0.3, -0.25) is 0 Å². The second kappa shape index (κ2) is 7.19. The van der Waals surface area contributed by atoms with Gasteiger partial charge in [0.25, 0.3) is 0 Å². The van der Waals surface area contributed by atoms with Crippen molar-refractivity contribution < 1.29 is 9.32 Å². The number of aromatic amines is 1. The molecule has 136 valence electrons. The number of benzene rings is 1. The van der Waals surface area contributed by atoms with Crippen molar-refractivity contribution in [1.82, 2.24) is 25.3 Å². The molecule has 2 aromatic heterocycles. The van der Waals surface area contributed by atoms with Crippen LogP contribution in [0.15, 0.2) is 34.9 Å². The number of rotatable bonds is 4. The molecule has 0 radical (unpaired) electrons. The van der Waals surface area contributed by atoms with Crippen molar-refractivity contribution in [3.8, 4) is 0 Å². The van der Waals surface area contributed by atoms with E-state index < -0.39 is 0 Å². The SMILES string of the molecule is Cc1noc(C2CCN(C(=O)NCCc3cc4ccccc4[nH]3)CC2)n1. The lowest BCUT2D eigenvalue weighted by Crippen LogP contribution is -2.44. The molecule has 1 aliphatic rings. The Morgan fingerprint density at radius 1 is 1.35 bits per heavy atom. The minimum atomic E-state index is 0.00118. The molecule has 26 heavy (non-hydrogen) atoms. The van der Waals surface area contributed by atoms with E-state index in [2.05, 4.69) is 38.6 Å². The maximum atomic E-state index is 12.4. The summed E-state index contributed by atoms with van der Waals surface area (Å²) in [6.45, 7) is 3.87. The standard InChI is InChI=1S/C19H23N5O2/c1-13-21-18(26-23-13)14-7-10-24(11-8-14)19(25)20-9-6-16-12-15-4-2-3-5-17(15)22-16/h2-5,12,14,22H,6-11H2,1H3,(H,20,25). The number of likely N-dealkylation sites (tertiary alicyclic amines) is 1. The van der Waals surface area contributed by atoms with Gasteiger partial charge in [-0.25, -0.2) is 4.79 Å². The molecular formula is C19H23N5O2. The van der Waals surface area contributed by atoms with Crippen LogP contribution < -0.4 is 5.32 Å². The van der Waals surface area contributed by atoms with Crippen molar-refractivity contribution >= 4 is 16.9 Å². The van der Waals surface area contributed by atoms with Gasteiger partial charge in [0.2, 0.25) is 5.89 Å². The number of fused-ring (bicyclic) bond motifs is 1. The quantitative estimate of drug-likeness (QED) is 0.755. The van der Waals surface area contributed by atoms with Gasteiger partial charge < -0.3 is 19.7 Å². The van der Waals surface area contributed by atoms with Gasteiger partial charge >= 0.3 is 6.03 Å². The van der Waals surface area contributed by atoms with Crippen molar-refractivity contribution in [2.45, 2.75) is 32.1 Å². The van der Waals surface area contributed by atoms with Crippen LogP contribution in [0.1, 0.15) is 36.2 Å².